The number of hydrogen-bond donors (Lipinski definition) is 0. The third-order valence-corrected chi connectivity index (χ3v) is 1.92. The van der Waals surface area contributed by atoms with Crippen LogP contribution in [0.4, 0.5) is 0 Å². The van der Waals surface area contributed by atoms with E-state index in [2.05, 4.69) is 0 Å². The van der Waals surface area contributed by atoms with Crippen molar-refractivity contribution in [3.05, 3.63) is 0 Å². The first-order valence-corrected chi connectivity index (χ1v) is 4.09. The van der Waals surface area contributed by atoms with Gasteiger partial charge in [0.2, 0.25) is 0 Å². The van der Waals surface area contributed by atoms with Gasteiger partial charge in [0.1, 0.15) is 12.1 Å². The molecular weight excluding hydrogens is 140 g/mol. The first-order valence-electron chi connectivity index (χ1n) is 4.09. The average molecular weight is 156 g/mol. The zero-order chi connectivity index (χ0) is 8.85. The molecule has 0 spiro atoms. The molecule has 0 bridgehead atoms. The van der Waals surface area contributed by atoms with Crippen LogP contribution in [-0.2, 0) is 9.59 Å². The van der Waals surface area contributed by atoms with Crippen LogP contribution in [0.5, 0.6) is 0 Å². The van der Waals surface area contributed by atoms with Gasteiger partial charge in [0.05, 0.1) is 0 Å². The van der Waals surface area contributed by atoms with Crippen LogP contribution in [-0.4, -0.2) is 12.1 Å². The molecule has 0 radical (unpaired) electrons. The molecule has 0 aliphatic rings. The van der Waals surface area contributed by atoms with Crippen molar-refractivity contribution in [3.63, 3.8) is 0 Å². The fourth-order valence-corrected chi connectivity index (χ4v) is 0.794. The van der Waals surface area contributed by atoms with Crippen molar-refractivity contribution in [1.29, 1.82) is 0 Å². The molecule has 0 rings (SSSR count). The molecule has 0 aromatic rings. The second-order valence-electron chi connectivity index (χ2n) is 3.09. The Balaban J connectivity index is 3.76. The van der Waals surface area contributed by atoms with Crippen molar-refractivity contribution >= 4 is 12.1 Å². The van der Waals surface area contributed by atoms with E-state index in [1.165, 1.54) is 0 Å². The Hall–Kier alpha value is -0.660. The van der Waals surface area contributed by atoms with Gasteiger partial charge in [-0.3, -0.25) is 4.79 Å². The standard InChI is InChI=1S/C9H16O2/c1-4-8(3)9(11)5-7(2)6-10/h6-8H,4-5H2,1-3H3. The summed E-state index contributed by atoms with van der Waals surface area (Å²) in [6.45, 7) is 5.65. The Morgan fingerprint density at radius 3 is 2.36 bits per heavy atom. The van der Waals surface area contributed by atoms with Crippen LogP contribution in [0.1, 0.15) is 33.6 Å². The van der Waals surface area contributed by atoms with Crippen LogP contribution in [0, 0.1) is 11.8 Å². The average Bonchev–Trinajstić information content (AvgIpc) is 2.02. The Labute approximate surface area is 68.0 Å². The largest absolute Gasteiger partial charge is 0.303 e. The molecule has 64 valence electrons. The Kier molecular flexibility index (Phi) is 4.75. The van der Waals surface area contributed by atoms with Crippen molar-refractivity contribution in [2.45, 2.75) is 33.6 Å². The van der Waals surface area contributed by atoms with Gasteiger partial charge in [-0.1, -0.05) is 20.8 Å². The number of ketones is 1. The van der Waals surface area contributed by atoms with E-state index in [1.807, 2.05) is 13.8 Å². The van der Waals surface area contributed by atoms with E-state index in [0.29, 0.717) is 6.42 Å². The predicted octanol–water partition coefficient (Wildman–Crippen LogP) is 1.83. The second kappa shape index (κ2) is 5.05. The number of hydrogen-bond acceptors (Lipinski definition) is 2. The minimum atomic E-state index is -0.114. The molecule has 0 aliphatic heterocycles. The highest BCUT2D eigenvalue weighted by Crippen LogP contribution is 2.09. The highest BCUT2D eigenvalue weighted by Gasteiger charge is 2.13. The molecular formula is C9H16O2. The van der Waals surface area contributed by atoms with Crippen LogP contribution in [0.25, 0.3) is 0 Å². The van der Waals surface area contributed by atoms with E-state index in [1.54, 1.807) is 6.92 Å². The molecule has 0 aromatic heterocycles. The van der Waals surface area contributed by atoms with Gasteiger partial charge in [0, 0.05) is 18.3 Å². The van der Waals surface area contributed by atoms with Crippen molar-refractivity contribution in [3.8, 4) is 0 Å². The summed E-state index contributed by atoms with van der Waals surface area (Å²) < 4.78 is 0. The second-order valence-corrected chi connectivity index (χ2v) is 3.09. The lowest BCUT2D eigenvalue weighted by molar-refractivity contribution is -0.125. The number of carbonyl (C=O) groups is 2. The third-order valence-electron chi connectivity index (χ3n) is 1.92. The molecule has 0 N–H and O–H groups in total. The van der Waals surface area contributed by atoms with E-state index in [-0.39, 0.29) is 17.6 Å². The quantitative estimate of drug-likeness (QED) is 0.569. The Bertz CT molecular complexity index is 140. The molecule has 0 saturated heterocycles. The van der Waals surface area contributed by atoms with Crippen LogP contribution < -0.4 is 0 Å². The highest BCUT2D eigenvalue weighted by atomic mass is 16.1. The van der Waals surface area contributed by atoms with Gasteiger partial charge in [-0.15, -0.1) is 0 Å². The summed E-state index contributed by atoms with van der Waals surface area (Å²) in [5, 5.41) is 0. The van der Waals surface area contributed by atoms with E-state index >= 15 is 0 Å². The first-order chi connectivity index (χ1) is 5.11. The number of carbonyl (C=O) groups excluding carboxylic acids is 2. The summed E-state index contributed by atoms with van der Waals surface area (Å²) in [6, 6.07) is 0. The number of aldehydes is 1. The lowest BCUT2D eigenvalue weighted by atomic mass is 9.96. The fourth-order valence-electron chi connectivity index (χ4n) is 0.794. The van der Waals surface area contributed by atoms with Gasteiger partial charge in [-0.25, -0.2) is 0 Å². The monoisotopic (exact) mass is 156 g/mol. The summed E-state index contributed by atoms with van der Waals surface area (Å²) in [5.74, 6) is 0.195. The highest BCUT2D eigenvalue weighted by molar-refractivity contribution is 5.82. The van der Waals surface area contributed by atoms with Gasteiger partial charge in [-0.05, 0) is 6.42 Å². The number of rotatable bonds is 5. The van der Waals surface area contributed by atoms with E-state index in [4.69, 9.17) is 0 Å². The van der Waals surface area contributed by atoms with Crippen LogP contribution in [0.3, 0.4) is 0 Å². The molecule has 0 aromatic carbocycles. The van der Waals surface area contributed by atoms with Gasteiger partial charge < -0.3 is 4.79 Å². The number of Topliss-reactive ketones (excluding diaryl/α,β-unsaturated/α-hetero) is 1. The molecule has 0 fully saturated rings. The van der Waals surface area contributed by atoms with Crippen molar-refractivity contribution in [2.24, 2.45) is 11.8 Å². The SMILES string of the molecule is CCC(C)C(=O)CC(C)C=O. The summed E-state index contributed by atoms with van der Waals surface area (Å²) >= 11 is 0. The fraction of sp³-hybridized carbons (Fsp3) is 0.778. The van der Waals surface area contributed by atoms with Crippen LogP contribution >= 0.6 is 0 Å². The summed E-state index contributed by atoms with van der Waals surface area (Å²) in [5.41, 5.74) is 0. The summed E-state index contributed by atoms with van der Waals surface area (Å²) in [7, 11) is 0. The lowest BCUT2D eigenvalue weighted by Crippen LogP contribution is -2.14. The van der Waals surface area contributed by atoms with Crippen molar-refractivity contribution < 1.29 is 9.59 Å². The zero-order valence-electron chi connectivity index (χ0n) is 7.46. The first kappa shape index (κ1) is 10.3. The van der Waals surface area contributed by atoms with Gasteiger partial charge >= 0.3 is 0 Å². The van der Waals surface area contributed by atoms with Crippen LogP contribution in [0.15, 0.2) is 0 Å². The predicted molar refractivity (Wildman–Crippen MR) is 44.3 cm³/mol. The molecule has 0 amide bonds. The maximum Gasteiger partial charge on any atom is 0.136 e. The Morgan fingerprint density at radius 2 is 2.00 bits per heavy atom. The van der Waals surface area contributed by atoms with Gasteiger partial charge in [0.25, 0.3) is 0 Å². The van der Waals surface area contributed by atoms with Gasteiger partial charge in [0.15, 0.2) is 0 Å². The molecule has 0 saturated carbocycles. The maximum atomic E-state index is 11.2. The van der Waals surface area contributed by atoms with Gasteiger partial charge in [-0.2, -0.15) is 0 Å². The lowest BCUT2D eigenvalue weighted by Gasteiger charge is -2.07. The molecule has 0 heterocycles. The van der Waals surface area contributed by atoms with Crippen molar-refractivity contribution in [1.82, 2.24) is 0 Å². The molecule has 0 aliphatic carbocycles. The van der Waals surface area contributed by atoms with Crippen LogP contribution in [0.2, 0.25) is 0 Å². The topological polar surface area (TPSA) is 34.1 Å². The molecule has 11 heavy (non-hydrogen) atoms. The molecule has 2 heteroatoms. The normalized spacial score (nSPS) is 15.5. The minimum absolute atomic E-state index is 0.109. The zero-order valence-corrected chi connectivity index (χ0v) is 7.46. The third kappa shape index (κ3) is 3.91. The maximum absolute atomic E-state index is 11.2. The molecule has 2 nitrogen and oxygen atoms in total. The van der Waals surface area contributed by atoms with Crippen molar-refractivity contribution in [2.75, 3.05) is 0 Å². The van der Waals surface area contributed by atoms with E-state index in [9.17, 15) is 9.59 Å². The smallest absolute Gasteiger partial charge is 0.136 e. The molecule has 2 atom stereocenters. The molecule has 2 unspecified atom stereocenters. The minimum Gasteiger partial charge on any atom is -0.303 e. The summed E-state index contributed by atoms with van der Waals surface area (Å²) in [6.07, 6.45) is 2.10. The van der Waals surface area contributed by atoms with E-state index in [0.717, 1.165) is 12.7 Å². The Morgan fingerprint density at radius 1 is 1.45 bits per heavy atom. The summed E-state index contributed by atoms with van der Waals surface area (Å²) in [4.78, 5) is 21.4. The van der Waals surface area contributed by atoms with E-state index < -0.39 is 0 Å².